The van der Waals surface area contributed by atoms with Crippen LogP contribution in [0.25, 0.3) is 11.3 Å². The standard InChI is InChI=1S/C14H14Cl2N2O3S/c1-20-4-5-21-7-13(19)18-14-17-12(8-22-14)10-3-2-9(15)6-11(10)16/h2-3,6,8H,4-5,7H2,1H3,(H,17,18,19). The molecule has 0 saturated carbocycles. The van der Waals surface area contributed by atoms with E-state index < -0.39 is 0 Å². The minimum atomic E-state index is -0.265. The molecule has 1 heterocycles. The number of methoxy groups -OCH3 is 1. The second-order valence-electron chi connectivity index (χ2n) is 4.26. The van der Waals surface area contributed by atoms with Crippen molar-refractivity contribution in [2.75, 3.05) is 32.2 Å². The topological polar surface area (TPSA) is 60.5 Å². The van der Waals surface area contributed by atoms with E-state index in [-0.39, 0.29) is 12.5 Å². The van der Waals surface area contributed by atoms with Crippen LogP contribution in [0.2, 0.25) is 10.0 Å². The van der Waals surface area contributed by atoms with Crippen molar-refractivity contribution in [2.45, 2.75) is 0 Å². The number of benzene rings is 1. The van der Waals surface area contributed by atoms with Gasteiger partial charge in [0, 0.05) is 23.1 Å². The zero-order chi connectivity index (χ0) is 15.9. The molecule has 0 radical (unpaired) electrons. The molecule has 118 valence electrons. The fraction of sp³-hybridized carbons (Fsp3) is 0.286. The molecular formula is C14H14Cl2N2O3S. The lowest BCUT2D eigenvalue weighted by atomic mass is 10.2. The molecule has 1 N–H and O–H groups in total. The predicted molar refractivity (Wildman–Crippen MR) is 88.9 cm³/mol. The summed E-state index contributed by atoms with van der Waals surface area (Å²) in [6, 6.07) is 5.18. The molecule has 0 aliphatic rings. The van der Waals surface area contributed by atoms with Crippen LogP contribution in [0, 0.1) is 0 Å². The van der Waals surface area contributed by atoms with Gasteiger partial charge in [-0.1, -0.05) is 23.2 Å². The highest BCUT2D eigenvalue weighted by molar-refractivity contribution is 7.14. The first kappa shape index (κ1) is 17.2. The summed E-state index contributed by atoms with van der Waals surface area (Å²) >= 11 is 13.3. The first-order valence-corrected chi connectivity index (χ1v) is 8.01. The summed E-state index contributed by atoms with van der Waals surface area (Å²) < 4.78 is 9.96. The van der Waals surface area contributed by atoms with E-state index in [9.17, 15) is 4.79 Å². The van der Waals surface area contributed by atoms with Crippen molar-refractivity contribution < 1.29 is 14.3 Å². The van der Waals surface area contributed by atoms with Crippen LogP contribution in [0.3, 0.4) is 0 Å². The minimum absolute atomic E-state index is 0.0417. The number of carbonyl (C=O) groups is 1. The summed E-state index contributed by atoms with van der Waals surface area (Å²) in [5, 5.41) is 6.05. The number of nitrogens with one attached hydrogen (secondary N) is 1. The zero-order valence-electron chi connectivity index (χ0n) is 11.8. The van der Waals surface area contributed by atoms with Crippen molar-refractivity contribution in [3.8, 4) is 11.3 Å². The van der Waals surface area contributed by atoms with Gasteiger partial charge in [0.25, 0.3) is 5.91 Å². The average molecular weight is 361 g/mol. The molecule has 0 aliphatic carbocycles. The van der Waals surface area contributed by atoms with Crippen molar-refractivity contribution >= 4 is 45.6 Å². The van der Waals surface area contributed by atoms with Gasteiger partial charge in [-0.15, -0.1) is 11.3 Å². The largest absolute Gasteiger partial charge is 0.382 e. The highest BCUT2D eigenvalue weighted by Crippen LogP contribution is 2.32. The molecule has 1 amide bonds. The van der Waals surface area contributed by atoms with Crippen molar-refractivity contribution in [2.24, 2.45) is 0 Å². The first-order chi connectivity index (χ1) is 10.6. The number of ether oxygens (including phenoxy) is 2. The summed E-state index contributed by atoms with van der Waals surface area (Å²) in [5.74, 6) is -0.265. The van der Waals surface area contributed by atoms with Gasteiger partial charge in [0.1, 0.15) is 6.61 Å². The van der Waals surface area contributed by atoms with Crippen LogP contribution in [0.5, 0.6) is 0 Å². The van der Waals surface area contributed by atoms with Crippen LogP contribution in [-0.2, 0) is 14.3 Å². The van der Waals surface area contributed by atoms with Gasteiger partial charge in [-0.2, -0.15) is 0 Å². The number of amides is 1. The Kier molecular flexibility index (Phi) is 6.60. The third kappa shape index (κ3) is 4.93. The Morgan fingerprint density at radius 3 is 2.91 bits per heavy atom. The van der Waals surface area contributed by atoms with Gasteiger partial charge in [0.2, 0.25) is 0 Å². The third-order valence-corrected chi connectivity index (χ3v) is 3.93. The van der Waals surface area contributed by atoms with E-state index in [2.05, 4.69) is 10.3 Å². The lowest BCUT2D eigenvalue weighted by molar-refractivity contribution is -0.121. The van der Waals surface area contributed by atoms with E-state index in [0.29, 0.717) is 34.1 Å². The molecular weight excluding hydrogens is 347 g/mol. The lowest BCUT2D eigenvalue weighted by Crippen LogP contribution is -2.19. The van der Waals surface area contributed by atoms with Crippen molar-refractivity contribution in [1.29, 1.82) is 0 Å². The van der Waals surface area contributed by atoms with Crippen molar-refractivity contribution in [3.63, 3.8) is 0 Å². The molecule has 2 rings (SSSR count). The molecule has 1 aromatic carbocycles. The Balaban J connectivity index is 1.95. The molecule has 0 saturated heterocycles. The van der Waals surface area contributed by atoms with Crippen molar-refractivity contribution in [1.82, 2.24) is 4.98 Å². The Hall–Kier alpha value is -1.18. The average Bonchev–Trinajstić information content (AvgIpc) is 2.92. The maximum Gasteiger partial charge on any atom is 0.252 e. The van der Waals surface area contributed by atoms with Gasteiger partial charge in [-0.3, -0.25) is 10.1 Å². The SMILES string of the molecule is COCCOCC(=O)Nc1nc(-c2ccc(Cl)cc2Cl)cs1. The number of anilines is 1. The molecule has 0 bridgehead atoms. The monoisotopic (exact) mass is 360 g/mol. The molecule has 1 aromatic heterocycles. The number of halogens is 2. The number of hydrogen-bond acceptors (Lipinski definition) is 5. The Morgan fingerprint density at radius 1 is 1.36 bits per heavy atom. The Morgan fingerprint density at radius 2 is 2.18 bits per heavy atom. The zero-order valence-corrected chi connectivity index (χ0v) is 14.1. The van der Waals surface area contributed by atoms with Gasteiger partial charge in [-0.25, -0.2) is 4.98 Å². The summed E-state index contributed by atoms with van der Waals surface area (Å²) in [5.41, 5.74) is 1.45. The summed E-state index contributed by atoms with van der Waals surface area (Å²) in [4.78, 5) is 16.0. The summed E-state index contributed by atoms with van der Waals surface area (Å²) in [7, 11) is 1.57. The van der Waals surface area contributed by atoms with Crippen LogP contribution in [0.4, 0.5) is 5.13 Å². The van der Waals surface area contributed by atoms with E-state index >= 15 is 0 Å². The number of aromatic nitrogens is 1. The van der Waals surface area contributed by atoms with Crippen molar-refractivity contribution in [3.05, 3.63) is 33.6 Å². The van der Waals surface area contributed by atoms with Crippen LogP contribution >= 0.6 is 34.5 Å². The Labute approximate surface area is 142 Å². The van der Waals surface area contributed by atoms with E-state index in [4.69, 9.17) is 32.7 Å². The maximum atomic E-state index is 11.7. The molecule has 0 atom stereocenters. The lowest BCUT2D eigenvalue weighted by Gasteiger charge is -2.03. The smallest absolute Gasteiger partial charge is 0.252 e. The minimum Gasteiger partial charge on any atom is -0.382 e. The second-order valence-corrected chi connectivity index (χ2v) is 5.96. The molecule has 0 aliphatic heterocycles. The van der Waals surface area contributed by atoms with Crippen LogP contribution < -0.4 is 5.32 Å². The first-order valence-electron chi connectivity index (χ1n) is 6.37. The highest BCUT2D eigenvalue weighted by Gasteiger charge is 2.11. The molecule has 0 unspecified atom stereocenters. The predicted octanol–water partition coefficient (Wildman–Crippen LogP) is 3.72. The number of carbonyl (C=O) groups excluding carboxylic acids is 1. The summed E-state index contributed by atoms with van der Waals surface area (Å²) in [6.07, 6.45) is 0. The van der Waals surface area contributed by atoms with Gasteiger partial charge in [-0.05, 0) is 18.2 Å². The molecule has 22 heavy (non-hydrogen) atoms. The van der Waals surface area contributed by atoms with Crippen LogP contribution in [0.1, 0.15) is 0 Å². The van der Waals surface area contributed by atoms with Crippen LogP contribution in [-0.4, -0.2) is 37.8 Å². The van der Waals surface area contributed by atoms with E-state index in [1.807, 2.05) is 5.38 Å². The second kappa shape index (κ2) is 8.45. The van der Waals surface area contributed by atoms with E-state index in [1.54, 1.807) is 25.3 Å². The normalized spacial score (nSPS) is 10.7. The van der Waals surface area contributed by atoms with Gasteiger partial charge in [0.05, 0.1) is 23.9 Å². The number of thiazole rings is 1. The maximum absolute atomic E-state index is 11.7. The molecule has 2 aromatic rings. The molecule has 0 spiro atoms. The molecule has 5 nitrogen and oxygen atoms in total. The number of nitrogens with zero attached hydrogens (tertiary/aromatic N) is 1. The fourth-order valence-corrected chi connectivity index (χ4v) is 2.85. The number of hydrogen-bond donors (Lipinski definition) is 1. The van der Waals surface area contributed by atoms with Gasteiger partial charge in [0.15, 0.2) is 5.13 Å². The molecule has 8 heteroatoms. The number of rotatable bonds is 7. The van der Waals surface area contributed by atoms with Gasteiger partial charge < -0.3 is 9.47 Å². The van der Waals surface area contributed by atoms with E-state index in [0.717, 1.165) is 5.56 Å². The highest BCUT2D eigenvalue weighted by atomic mass is 35.5. The quantitative estimate of drug-likeness (QED) is 0.764. The molecule has 0 fully saturated rings. The van der Waals surface area contributed by atoms with Gasteiger partial charge >= 0.3 is 0 Å². The summed E-state index contributed by atoms with van der Waals surface area (Å²) in [6.45, 7) is 0.775. The Bertz CT molecular complexity index is 649. The van der Waals surface area contributed by atoms with E-state index in [1.165, 1.54) is 11.3 Å². The fourth-order valence-electron chi connectivity index (χ4n) is 1.61. The third-order valence-electron chi connectivity index (χ3n) is 2.62. The van der Waals surface area contributed by atoms with Crippen LogP contribution in [0.15, 0.2) is 23.6 Å².